The number of carbonyl (C=O) groups excluding carboxylic acids is 1. The summed E-state index contributed by atoms with van der Waals surface area (Å²) < 4.78 is 14.7. The molecular formula is C10H18O6. The fourth-order valence-electron chi connectivity index (χ4n) is 0.816. The average Bonchev–Trinajstić information content (AvgIpc) is 2.33. The van der Waals surface area contributed by atoms with Crippen LogP contribution in [0.1, 0.15) is 13.3 Å². The highest BCUT2D eigenvalue weighted by Gasteiger charge is 2.31. The first-order valence-corrected chi connectivity index (χ1v) is 4.93. The van der Waals surface area contributed by atoms with E-state index in [1.807, 2.05) is 6.92 Å². The van der Waals surface area contributed by atoms with Crippen molar-refractivity contribution in [2.75, 3.05) is 26.6 Å². The summed E-state index contributed by atoms with van der Waals surface area (Å²) in [6.07, 6.45) is 1.69. The predicted octanol–water partition coefficient (Wildman–Crippen LogP) is -0.203. The zero-order valence-corrected chi connectivity index (χ0v) is 9.35. The quantitative estimate of drug-likeness (QED) is 0.326. The number of ether oxygens (including phenoxy) is 3. The van der Waals surface area contributed by atoms with Gasteiger partial charge in [0.25, 0.3) is 0 Å². The standard InChI is InChI=1S/C10H18O6/c1-3-5-15-10(6-11,7-12)16-8-14-9(13)4-2/h4,11-12H,2-3,5-8H2,1H3. The molecule has 0 aromatic rings. The molecule has 0 saturated carbocycles. The van der Waals surface area contributed by atoms with Gasteiger partial charge in [-0.05, 0) is 6.42 Å². The van der Waals surface area contributed by atoms with Crippen LogP contribution in [0.5, 0.6) is 0 Å². The van der Waals surface area contributed by atoms with E-state index in [0.29, 0.717) is 13.0 Å². The van der Waals surface area contributed by atoms with E-state index < -0.39 is 31.8 Å². The number of rotatable bonds is 9. The molecule has 0 saturated heterocycles. The molecule has 0 spiro atoms. The van der Waals surface area contributed by atoms with E-state index in [-0.39, 0.29) is 0 Å². The fraction of sp³-hybridized carbons (Fsp3) is 0.700. The van der Waals surface area contributed by atoms with Crippen molar-refractivity contribution in [2.24, 2.45) is 0 Å². The number of carbonyl (C=O) groups is 1. The second-order valence-electron chi connectivity index (χ2n) is 3.01. The first-order chi connectivity index (χ1) is 7.64. The second kappa shape index (κ2) is 8.23. The van der Waals surface area contributed by atoms with E-state index >= 15 is 0 Å². The van der Waals surface area contributed by atoms with Crippen LogP contribution in [-0.4, -0.2) is 48.6 Å². The third kappa shape index (κ3) is 5.22. The van der Waals surface area contributed by atoms with Gasteiger partial charge in [-0.1, -0.05) is 13.5 Å². The lowest BCUT2D eigenvalue weighted by atomic mass is 10.3. The smallest absolute Gasteiger partial charge is 0.332 e. The van der Waals surface area contributed by atoms with Crippen molar-refractivity contribution >= 4 is 5.97 Å². The Morgan fingerprint density at radius 2 is 2.00 bits per heavy atom. The molecule has 0 rings (SSSR count). The van der Waals surface area contributed by atoms with Gasteiger partial charge in [0, 0.05) is 12.7 Å². The van der Waals surface area contributed by atoms with Gasteiger partial charge >= 0.3 is 5.97 Å². The first-order valence-electron chi connectivity index (χ1n) is 4.93. The zero-order chi connectivity index (χ0) is 12.4. The molecule has 6 nitrogen and oxygen atoms in total. The van der Waals surface area contributed by atoms with Gasteiger partial charge in [-0.3, -0.25) is 0 Å². The van der Waals surface area contributed by atoms with Crippen LogP contribution >= 0.6 is 0 Å². The minimum absolute atomic E-state index is 0.316. The van der Waals surface area contributed by atoms with Crippen molar-refractivity contribution in [1.82, 2.24) is 0 Å². The molecule has 0 bridgehead atoms. The first kappa shape index (κ1) is 15.0. The molecule has 0 amide bonds. The van der Waals surface area contributed by atoms with Crippen molar-refractivity contribution in [3.63, 3.8) is 0 Å². The minimum atomic E-state index is -1.53. The summed E-state index contributed by atoms with van der Waals surface area (Å²) in [6, 6.07) is 0. The molecule has 0 aliphatic carbocycles. The van der Waals surface area contributed by atoms with Gasteiger partial charge in [-0.15, -0.1) is 0 Å². The highest BCUT2D eigenvalue weighted by molar-refractivity contribution is 5.81. The fourth-order valence-corrected chi connectivity index (χ4v) is 0.816. The maximum atomic E-state index is 10.7. The predicted molar refractivity (Wildman–Crippen MR) is 55.4 cm³/mol. The minimum Gasteiger partial charge on any atom is -0.435 e. The summed E-state index contributed by atoms with van der Waals surface area (Å²) in [5.74, 6) is -2.18. The molecule has 0 aromatic heterocycles. The highest BCUT2D eigenvalue weighted by atomic mass is 16.8. The van der Waals surface area contributed by atoms with Gasteiger partial charge in [0.15, 0.2) is 6.79 Å². The third-order valence-electron chi connectivity index (χ3n) is 1.74. The van der Waals surface area contributed by atoms with Gasteiger partial charge in [0.1, 0.15) is 0 Å². The molecule has 0 aliphatic rings. The summed E-state index contributed by atoms with van der Waals surface area (Å²) >= 11 is 0. The zero-order valence-electron chi connectivity index (χ0n) is 9.35. The second-order valence-corrected chi connectivity index (χ2v) is 3.01. The SMILES string of the molecule is C=CC(=O)OCOC(CO)(CO)OCCC. The van der Waals surface area contributed by atoms with Crippen molar-refractivity contribution < 1.29 is 29.2 Å². The number of aliphatic hydroxyl groups is 2. The van der Waals surface area contributed by atoms with E-state index in [1.165, 1.54) is 0 Å². The Balaban J connectivity index is 4.09. The molecule has 0 radical (unpaired) electrons. The monoisotopic (exact) mass is 234 g/mol. The van der Waals surface area contributed by atoms with Crippen LogP contribution in [-0.2, 0) is 19.0 Å². The summed E-state index contributed by atoms with van der Waals surface area (Å²) in [5, 5.41) is 18.1. The molecule has 0 atom stereocenters. The van der Waals surface area contributed by atoms with E-state index in [1.54, 1.807) is 0 Å². The lowest BCUT2D eigenvalue weighted by Gasteiger charge is -2.29. The van der Waals surface area contributed by atoms with E-state index in [9.17, 15) is 4.79 Å². The van der Waals surface area contributed by atoms with Gasteiger partial charge < -0.3 is 24.4 Å². The summed E-state index contributed by atoms with van der Waals surface area (Å²) in [4.78, 5) is 10.7. The molecule has 2 N–H and O–H groups in total. The number of hydrogen-bond acceptors (Lipinski definition) is 6. The van der Waals surface area contributed by atoms with E-state index in [0.717, 1.165) is 6.08 Å². The third-order valence-corrected chi connectivity index (χ3v) is 1.74. The maximum Gasteiger partial charge on any atom is 0.332 e. The Morgan fingerprint density at radius 3 is 2.44 bits per heavy atom. The number of hydrogen-bond donors (Lipinski definition) is 2. The van der Waals surface area contributed by atoms with Crippen molar-refractivity contribution in [2.45, 2.75) is 19.1 Å². The molecule has 6 heteroatoms. The van der Waals surface area contributed by atoms with Crippen molar-refractivity contribution in [3.8, 4) is 0 Å². The Kier molecular flexibility index (Phi) is 7.74. The van der Waals surface area contributed by atoms with Crippen molar-refractivity contribution in [3.05, 3.63) is 12.7 Å². The normalized spacial score (nSPS) is 11.2. The van der Waals surface area contributed by atoms with Gasteiger partial charge in [0.05, 0.1) is 13.2 Å². The largest absolute Gasteiger partial charge is 0.435 e. The van der Waals surface area contributed by atoms with E-state index in [2.05, 4.69) is 11.3 Å². The van der Waals surface area contributed by atoms with Crippen LogP contribution < -0.4 is 0 Å². The summed E-state index contributed by atoms with van der Waals surface area (Å²) in [7, 11) is 0. The Hall–Kier alpha value is -0.950. The van der Waals surface area contributed by atoms with Crippen LogP contribution in [0.4, 0.5) is 0 Å². The molecule has 0 aliphatic heterocycles. The van der Waals surface area contributed by atoms with Crippen LogP contribution in [0, 0.1) is 0 Å². The Bertz CT molecular complexity index is 211. The van der Waals surface area contributed by atoms with Crippen LogP contribution in [0.3, 0.4) is 0 Å². The van der Waals surface area contributed by atoms with Crippen LogP contribution in [0.25, 0.3) is 0 Å². The number of esters is 1. The topological polar surface area (TPSA) is 85.2 Å². The lowest BCUT2D eigenvalue weighted by molar-refractivity contribution is -0.294. The molecule has 16 heavy (non-hydrogen) atoms. The van der Waals surface area contributed by atoms with E-state index in [4.69, 9.17) is 19.7 Å². The molecule has 0 fully saturated rings. The Labute approximate surface area is 94.4 Å². The molecular weight excluding hydrogens is 216 g/mol. The Morgan fingerprint density at radius 1 is 1.38 bits per heavy atom. The summed E-state index contributed by atoms with van der Waals surface area (Å²) in [5.41, 5.74) is 0. The lowest BCUT2D eigenvalue weighted by Crippen LogP contribution is -2.44. The van der Waals surface area contributed by atoms with Crippen LogP contribution in [0.2, 0.25) is 0 Å². The molecule has 0 aromatic carbocycles. The van der Waals surface area contributed by atoms with Gasteiger partial charge in [0.2, 0.25) is 5.79 Å². The van der Waals surface area contributed by atoms with Crippen molar-refractivity contribution in [1.29, 1.82) is 0 Å². The molecule has 0 heterocycles. The molecule has 94 valence electrons. The molecule has 0 unspecified atom stereocenters. The van der Waals surface area contributed by atoms with Gasteiger partial charge in [-0.25, -0.2) is 4.79 Å². The summed E-state index contributed by atoms with van der Waals surface area (Å²) in [6.45, 7) is 3.91. The highest BCUT2D eigenvalue weighted by Crippen LogP contribution is 2.12. The van der Waals surface area contributed by atoms with Gasteiger partial charge in [-0.2, -0.15) is 0 Å². The van der Waals surface area contributed by atoms with Crippen LogP contribution in [0.15, 0.2) is 12.7 Å². The number of aliphatic hydroxyl groups excluding tert-OH is 2. The maximum absolute atomic E-state index is 10.7. The average molecular weight is 234 g/mol.